The van der Waals surface area contributed by atoms with E-state index >= 15 is 0 Å². The standard InChI is InChI=1S/C18H34O4.C4H6O4.2C2H6/c1-11(2)9-21-17(19)15(13(5)6)16(14(7)8)18(20)22-10-12(3)4;5-3(6)1-2-4(7)8;2*1-2/h11-16H,9-10H2,1-8H3;1-2H2,(H,5,6)(H,7,8);2*1-2H3. The van der Waals surface area contributed by atoms with Crippen LogP contribution in [0.5, 0.6) is 0 Å². The van der Waals surface area contributed by atoms with Crippen molar-refractivity contribution in [3.63, 3.8) is 0 Å². The van der Waals surface area contributed by atoms with Crippen LogP contribution in [-0.4, -0.2) is 47.3 Å². The maximum Gasteiger partial charge on any atom is 0.310 e. The molecule has 0 fully saturated rings. The van der Waals surface area contributed by atoms with E-state index in [1.54, 1.807) is 0 Å². The predicted octanol–water partition coefficient (Wildman–Crippen LogP) is 5.92. The second-order valence-electron chi connectivity index (χ2n) is 8.87. The lowest BCUT2D eigenvalue weighted by atomic mass is 9.77. The average molecular weight is 493 g/mol. The van der Waals surface area contributed by atoms with Gasteiger partial charge in [0.15, 0.2) is 0 Å². The second-order valence-corrected chi connectivity index (χ2v) is 8.87. The van der Waals surface area contributed by atoms with Crippen LogP contribution in [-0.2, 0) is 28.7 Å². The Balaban J connectivity index is -0.000000312. The van der Waals surface area contributed by atoms with Crippen molar-refractivity contribution >= 4 is 23.9 Å². The van der Waals surface area contributed by atoms with Gasteiger partial charge in [0.25, 0.3) is 0 Å². The fourth-order valence-electron chi connectivity index (χ4n) is 2.57. The molecule has 0 saturated carbocycles. The van der Waals surface area contributed by atoms with E-state index in [1.165, 1.54) is 0 Å². The number of hydrogen-bond acceptors (Lipinski definition) is 6. The monoisotopic (exact) mass is 492 g/mol. The Morgan fingerprint density at radius 2 is 0.794 bits per heavy atom. The van der Waals surface area contributed by atoms with Gasteiger partial charge in [-0.3, -0.25) is 19.2 Å². The summed E-state index contributed by atoms with van der Waals surface area (Å²) in [5.41, 5.74) is 0. The van der Waals surface area contributed by atoms with Gasteiger partial charge < -0.3 is 19.7 Å². The molecule has 0 rings (SSSR count). The molecule has 0 radical (unpaired) electrons. The number of carbonyl (C=O) groups is 4. The molecule has 0 aliphatic heterocycles. The first kappa shape index (κ1) is 39.1. The number of hydrogen-bond donors (Lipinski definition) is 2. The van der Waals surface area contributed by atoms with Gasteiger partial charge in [0.05, 0.1) is 37.9 Å². The fraction of sp³-hybridized carbons (Fsp3) is 0.846. The van der Waals surface area contributed by atoms with Crippen molar-refractivity contribution in [3.8, 4) is 0 Å². The molecule has 204 valence electrons. The van der Waals surface area contributed by atoms with Crippen molar-refractivity contribution in [2.45, 2.75) is 95.9 Å². The van der Waals surface area contributed by atoms with E-state index in [0.29, 0.717) is 13.2 Å². The van der Waals surface area contributed by atoms with Gasteiger partial charge in [-0.05, 0) is 23.7 Å². The Morgan fingerprint density at radius 1 is 0.559 bits per heavy atom. The first-order chi connectivity index (χ1) is 15.7. The van der Waals surface area contributed by atoms with Crippen LogP contribution in [0.2, 0.25) is 0 Å². The van der Waals surface area contributed by atoms with Gasteiger partial charge >= 0.3 is 23.9 Å². The smallest absolute Gasteiger partial charge is 0.310 e. The van der Waals surface area contributed by atoms with Gasteiger partial charge in [0, 0.05) is 0 Å². The average Bonchev–Trinajstić information content (AvgIpc) is 2.75. The molecule has 0 heterocycles. The number of carbonyl (C=O) groups excluding carboxylic acids is 2. The van der Waals surface area contributed by atoms with E-state index in [1.807, 2.05) is 83.1 Å². The highest BCUT2D eigenvalue weighted by molar-refractivity contribution is 5.82. The summed E-state index contributed by atoms with van der Waals surface area (Å²) in [6.45, 7) is 24.5. The van der Waals surface area contributed by atoms with Gasteiger partial charge in [0.2, 0.25) is 0 Å². The van der Waals surface area contributed by atoms with Crippen LogP contribution in [0.4, 0.5) is 0 Å². The van der Waals surface area contributed by atoms with Crippen LogP contribution in [0.15, 0.2) is 0 Å². The maximum atomic E-state index is 12.4. The fourth-order valence-corrected chi connectivity index (χ4v) is 2.57. The highest BCUT2D eigenvalue weighted by Gasteiger charge is 2.40. The van der Waals surface area contributed by atoms with E-state index in [4.69, 9.17) is 19.7 Å². The largest absolute Gasteiger partial charge is 0.481 e. The SMILES string of the molecule is CC.CC.CC(C)COC(=O)C(C(C)C)C(C(=O)OCC(C)C)C(C)C.O=C(O)CCC(=O)O. The predicted molar refractivity (Wildman–Crippen MR) is 135 cm³/mol. The van der Waals surface area contributed by atoms with E-state index in [0.717, 1.165) is 0 Å². The minimum atomic E-state index is -1.08. The van der Waals surface area contributed by atoms with Crippen LogP contribution >= 0.6 is 0 Å². The molecule has 8 heteroatoms. The Bertz CT molecular complexity index is 491. The van der Waals surface area contributed by atoms with Crippen molar-refractivity contribution < 1.29 is 38.9 Å². The zero-order chi connectivity index (χ0) is 28.0. The maximum absolute atomic E-state index is 12.4. The molecule has 0 aliphatic rings. The van der Waals surface area contributed by atoms with E-state index in [2.05, 4.69) is 0 Å². The van der Waals surface area contributed by atoms with Crippen LogP contribution in [0.3, 0.4) is 0 Å². The summed E-state index contributed by atoms with van der Waals surface area (Å²) < 4.78 is 10.8. The third kappa shape index (κ3) is 23.1. The molecule has 8 nitrogen and oxygen atoms in total. The van der Waals surface area contributed by atoms with Crippen molar-refractivity contribution in [3.05, 3.63) is 0 Å². The van der Waals surface area contributed by atoms with Crippen LogP contribution < -0.4 is 0 Å². The first-order valence-corrected chi connectivity index (χ1v) is 12.5. The lowest BCUT2D eigenvalue weighted by molar-refractivity contribution is -0.166. The first-order valence-electron chi connectivity index (χ1n) is 12.5. The highest BCUT2D eigenvalue weighted by atomic mass is 16.5. The van der Waals surface area contributed by atoms with Gasteiger partial charge in [-0.25, -0.2) is 0 Å². The molecule has 0 saturated heterocycles. The number of rotatable bonds is 12. The Kier molecular flexibility index (Phi) is 27.6. The number of carboxylic acid groups (broad SMARTS) is 2. The molecule has 0 aromatic heterocycles. The molecule has 0 aliphatic carbocycles. The lowest BCUT2D eigenvalue weighted by Gasteiger charge is -2.30. The molecular weight excluding hydrogens is 440 g/mol. The van der Waals surface area contributed by atoms with E-state index in [9.17, 15) is 19.2 Å². The van der Waals surface area contributed by atoms with E-state index < -0.39 is 23.8 Å². The van der Waals surface area contributed by atoms with Crippen LogP contribution in [0.1, 0.15) is 95.9 Å². The van der Waals surface area contributed by atoms with Crippen molar-refractivity contribution in [2.24, 2.45) is 35.5 Å². The van der Waals surface area contributed by atoms with E-state index in [-0.39, 0.29) is 48.5 Å². The van der Waals surface area contributed by atoms with Gasteiger partial charge in [-0.15, -0.1) is 0 Å². The quantitative estimate of drug-likeness (QED) is 0.321. The van der Waals surface area contributed by atoms with Crippen LogP contribution in [0, 0.1) is 35.5 Å². The number of carboxylic acids is 2. The summed E-state index contributed by atoms with van der Waals surface area (Å²) in [4.78, 5) is 44.2. The zero-order valence-corrected chi connectivity index (χ0v) is 23.6. The third-order valence-corrected chi connectivity index (χ3v) is 4.04. The number of aliphatic carboxylic acids is 2. The van der Waals surface area contributed by atoms with Crippen molar-refractivity contribution in [2.75, 3.05) is 13.2 Å². The summed E-state index contributed by atoms with van der Waals surface area (Å²) >= 11 is 0. The molecule has 0 spiro atoms. The normalized spacial score (nSPS) is 11.8. The summed E-state index contributed by atoms with van der Waals surface area (Å²) in [6, 6.07) is 0. The Labute approximate surface area is 207 Å². The number of ether oxygens (including phenoxy) is 2. The minimum Gasteiger partial charge on any atom is -0.481 e. The molecule has 0 bridgehead atoms. The zero-order valence-electron chi connectivity index (χ0n) is 23.6. The topological polar surface area (TPSA) is 127 Å². The molecule has 0 aromatic carbocycles. The van der Waals surface area contributed by atoms with Gasteiger partial charge in [-0.1, -0.05) is 83.1 Å². The van der Waals surface area contributed by atoms with Crippen LogP contribution in [0.25, 0.3) is 0 Å². The summed E-state index contributed by atoms with van der Waals surface area (Å²) in [7, 11) is 0. The Morgan fingerprint density at radius 3 is 0.941 bits per heavy atom. The summed E-state index contributed by atoms with van der Waals surface area (Å²) in [5, 5.41) is 15.8. The molecule has 2 unspecified atom stereocenters. The molecular formula is C26H52O8. The third-order valence-electron chi connectivity index (χ3n) is 4.04. The lowest BCUT2D eigenvalue weighted by Crippen LogP contribution is -2.39. The summed E-state index contributed by atoms with van der Waals surface area (Å²) in [5.74, 6) is -3.04. The van der Waals surface area contributed by atoms with Crippen molar-refractivity contribution in [1.82, 2.24) is 0 Å². The van der Waals surface area contributed by atoms with Gasteiger partial charge in [0.1, 0.15) is 0 Å². The minimum absolute atomic E-state index is 0.0265. The molecule has 0 amide bonds. The highest BCUT2D eigenvalue weighted by Crippen LogP contribution is 2.30. The summed E-state index contributed by atoms with van der Waals surface area (Å²) in [6.07, 6.45) is -0.593. The molecule has 2 atom stereocenters. The Hall–Kier alpha value is -2.12. The molecule has 0 aromatic rings. The second kappa shape index (κ2) is 24.0. The molecule has 34 heavy (non-hydrogen) atoms. The number of esters is 2. The van der Waals surface area contributed by atoms with Crippen molar-refractivity contribution in [1.29, 1.82) is 0 Å². The van der Waals surface area contributed by atoms with Gasteiger partial charge in [-0.2, -0.15) is 0 Å². The molecule has 2 N–H and O–H groups in total.